The van der Waals surface area contributed by atoms with E-state index in [2.05, 4.69) is 22.6 Å². The molecule has 18 heavy (non-hydrogen) atoms. The largest absolute Gasteiger partial charge is 0.289 e. The highest BCUT2D eigenvalue weighted by atomic mass is 127. The van der Waals surface area contributed by atoms with Crippen LogP contribution in [0.4, 0.5) is 4.39 Å². The molecule has 0 aliphatic heterocycles. The number of carbonyl (C=O) groups is 1. The average molecular weight is 375 g/mol. The van der Waals surface area contributed by atoms with Crippen LogP contribution < -0.4 is 0 Å². The maximum Gasteiger partial charge on any atom is 0.193 e. The van der Waals surface area contributed by atoms with Gasteiger partial charge in [0.25, 0.3) is 0 Å². The van der Waals surface area contributed by atoms with Gasteiger partial charge in [-0.2, -0.15) is 0 Å². The summed E-state index contributed by atoms with van der Waals surface area (Å²) in [6.45, 7) is 1.78. The first-order valence-electron chi connectivity index (χ1n) is 5.25. The molecule has 0 N–H and O–H groups in total. The van der Waals surface area contributed by atoms with Gasteiger partial charge in [-0.05, 0) is 65.4 Å². The second-order valence-electron chi connectivity index (χ2n) is 3.92. The summed E-state index contributed by atoms with van der Waals surface area (Å²) < 4.78 is 14.1. The molecule has 2 aromatic rings. The summed E-state index contributed by atoms with van der Waals surface area (Å²) in [5, 5.41) is 0.524. The number of halogens is 3. The summed E-state index contributed by atoms with van der Waals surface area (Å²) in [7, 11) is 0. The molecule has 4 heteroatoms. The molecule has 0 aliphatic carbocycles. The Morgan fingerprint density at radius 2 is 1.94 bits per heavy atom. The van der Waals surface area contributed by atoms with Gasteiger partial charge in [-0.3, -0.25) is 4.79 Å². The lowest BCUT2D eigenvalue weighted by atomic mass is 9.99. The van der Waals surface area contributed by atoms with Gasteiger partial charge in [0.2, 0.25) is 0 Å². The molecule has 92 valence electrons. The van der Waals surface area contributed by atoms with Gasteiger partial charge in [0.05, 0.1) is 5.02 Å². The lowest BCUT2D eigenvalue weighted by Gasteiger charge is -2.06. The van der Waals surface area contributed by atoms with Gasteiger partial charge in [-0.1, -0.05) is 17.7 Å². The third-order valence-electron chi connectivity index (χ3n) is 2.63. The number of hydrogen-bond acceptors (Lipinski definition) is 1. The average Bonchev–Trinajstić information content (AvgIpc) is 2.35. The molecule has 0 bridgehead atoms. The fraction of sp³-hybridized carbons (Fsp3) is 0.0714. The predicted octanol–water partition coefficient (Wildman–Crippen LogP) is 4.62. The highest BCUT2D eigenvalue weighted by Gasteiger charge is 2.13. The Hall–Kier alpha value is -0.940. The van der Waals surface area contributed by atoms with Crippen LogP contribution in [-0.4, -0.2) is 5.78 Å². The molecule has 0 fully saturated rings. The first-order valence-corrected chi connectivity index (χ1v) is 6.70. The van der Waals surface area contributed by atoms with Crippen molar-refractivity contribution in [1.82, 2.24) is 0 Å². The van der Waals surface area contributed by atoms with Crippen molar-refractivity contribution in [2.45, 2.75) is 6.92 Å². The third kappa shape index (κ3) is 2.72. The summed E-state index contributed by atoms with van der Waals surface area (Å²) in [5.74, 6) is -0.633. The van der Waals surface area contributed by atoms with E-state index in [-0.39, 0.29) is 5.78 Å². The van der Waals surface area contributed by atoms with Gasteiger partial charge < -0.3 is 0 Å². The van der Waals surface area contributed by atoms with Crippen LogP contribution in [-0.2, 0) is 0 Å². The molecule has 0 radical (unpaired) electrons. The summed E-state index contributed by atoms with van der Waals surface area (Å²) in [6, 6.07) is 9.26. The van der Waals surface area contributed by atoms with E-state index in [1.807, 2.05) is 0 Å². The van der Waals surface area contributed by atoms with Crippen molar-refractivity contribution in [2.24, 2.45) is 0 Å². The number of carbonyl (C=O) groups excluding carboxylic acids is 1. The van der Waals surface area contributed by atoms with Crippen molar-refractivity contribution < 1.29 is 9.18 Å². The van der Waals surface area contributed by atoms with Gasteiger partial charge in [-0.25, -0.2) is 4.39 Å². The van der Waals surface area contributed by atoms with E-state index in [1.165, 1.54) is 12.1 Å². The Kier molecular flexibility index (Phi) is 4.02. The van der Waals surface area contributed by atoms with Crippen LogP contribution in [0.3, 0.4) is 0 Å². The Balaban J connectivity index is 2.47. The van der Waals surface area contributed by atoms with E-state index < -0.39 is 5.82 Å². The summed E-state index contributed by atoms with van der Waals surface area (Å²) in [5.41, 5.74) is 1.58. The summed E-state index contributed by atoms with van der Waals surface area (Å²) >= 11 is 8.07. The molecular formula is C14H9ClFIO. The number of rotatable bonds is 2. The molecule has 0 amide bonds. The fourth-order valence-corrected chi connectivity index (χ4v) is 2.15. The Labute approximate surface area is 123 Å². The monoisotopic (exact) mass is 374 g/mol. The van der Waals surface area contributed by atoms with Gasteiger partial charge in [0, 0.05) is 14.7 Å². The van der Waals surface area contributed by atoms with Crippen molar-refractivity contribution in [1.29, 1.82) is 0 Å². The molecule has 0 atom stereocenters. The Morgan fingerprint density at radius 1 is 1.22 bits per heavy atom. The molecule has 2 aromatic carbocycles. The van der Waals surface area contributed by atoms with Crippen LogP contribution in [0.5, 0.6) is 0 Å². The van der Waals surface area contributed by atoms with Gasteiger partial charge >= 0.3 is 0 Å². The molecule has 0 unspecified atom stereocenters. The normalized spacial score (nSPS) is 10.4. The fourth-order valence-electron chi connectivity index (χ4n) is 1.63. The minimum Gasteiger partial charge on any atom is -0.289 e. The highest BCUT2D eigenvalue weighted by Crippen LogP contribution is 2.22. The Bertz CT molecular complexity index is 625. The minimum absolute atomic E-state index is 0.217. The number of ketones is 1. The second kappa shape index (κ2) is 5.36. The lowest BCUT2D eigenvalue weighted by Crippen LogP contribution is -2.04. The van der Waals surface area contributed by atoms with Crippen LogP contribution in [0.15, 0.2) is 36.4 Å². The summed E-state index contributed by atoms with van der Waals surface area (Å²) in [6.07, 6.45) is 0. The smallest absolute Gasteiger partial charge is 0.193 e. The van der Waals surface area contributed by atoms with E-state index in [9.17, 15) is 9.18 Å². The zero-order valence-electron chi connectivity index (χ0n) is 9.51. The SMILES string of the molecule is Cc1ccc(F)cc1C(=O)c1ccc(I)c(Cl)c1. The molecular weight excluding hydrogens is 366 g/mol. The van der Waals surface area contributed by atoms with Gasteiger partial charge in [0.1, 0.15) is 5.82 Å². The van der Waals surface area contributed by atoms with Crippen molar-refractivity contribution in [3.8, 4) is 0 Å². The third-order valence-corrected chi connectivity index (χ3v) is 4.20. The second-order valence-corrected chi connectivity index (χ2v) is 5.49. The number of hydrogen-bond donors (Lipinski definition) is 0. The van der Waals surface area contributed by atoms with Gasteiger partial charge in [-0.15, -0.1) is 0 Å². The predicted molar refractivity (Wildman–Crippen MR) is 78.7 cm³/mol. The molecule has 0 heterocycles. The van der Waals surface area contributed by atoms with E-state index in [1.54, 1.807) is 31.2 Å². The van der Waals surface area contributed by atoms with Crippen molar-refractivity contribution in [2.75, 3.05) is 0 Å². The zero-order valence-corrected chi connectivity index (χ0v) is 12.4. The maximum absolute atomic E-state index is 13.2. The van der Waals surface area contributed by atoms with E-state index in [4.69, 9.17) is 11.6 Å². The van der Waals surface area contributed by atoms with Crippen LogP contribution in [0.25, 0.3) is 0 Å². The van der Waals surface area contributed by atoms with E-state index in [0.29, 0.717) is 16.1 Å². The van der Waals surface area contributed by atoms with Crippen LogP contribution in [0, 0.1) is 16.3 Å². The quantitative estimate of drug-likeness (QED) is 0.554. The van der Waals surface area contributed by atoms with Crippen molar-refractivity contribution in [3.63, 3.8) is 0 Å². The molecule has 2 rings (SSSR count). The standard InChI is InChI=1S/C14H9ClFIO/c1-8-2-4-10(16)7-11(8)14(18)9-3-5-13(17)12(15)6-9/h2-7H,1H3. The van der Waals surface area contributed by atoms with Crippen LogP contribution in [0.1, 0.15) is 21.5 Å². The Morgan fingerprint density at radius 3 is 2.61 bits per heavy atom. The van der Waals surface area contributed by atoms with E-state index >= 15 is 0 Å². The van der Waals surface area contributed by atoms with E-state index in [0.717, 1.165) is 9.13 Å². The van der Waals surface area contributed by atoms with Crippen molar-refractivity contribution >= 4 is 40.0 Å². The van der Waals surface area contributed by atoms with Crippen LogP contribution in [0.2, 0.25) is 5.02 Å². The summed E-state index contributed by atoms with van der Waals surface area (Å²) in [4.78, 5) is 12.3. The molecule has 0 aromatic heterocycles. The molecule has 0 saturated carbocycles. The topological polar surface area (TPSA) is 17.1 Å². The molecule has 0 spiro atoms. The molecule has 1 nitrogen and oxygen atoms in total. The lowest BCUT2D eigenvalue weighted by molar-refractivity contribution is 0.103. The zero-order chi connectivity index (χ0) is 13.3. The van der Waals surface area contributed by atoms with Crippen molar-refractivity contribution in [3.05, 3.63) is 67.5 Å². The number of benzene rings is 2. The van der Waals surface area contributed by atoms with Gasteiger partial charge in [0.15, 0.2) is 5.78 Å². The number of aryl methyl sites for hydroxylation is 1. The molecule has 0 saturated heterocycles. The van der Waals surface area contributed by atoms with Crippen LogP contribution >= 0.6 is 34.2 Å². The first kappa shape index (κ1) is 13.5. The minimum atomic E-state index is -0.416. The maximum atomic E-state index is 13.2. The first-order chi connectivity index (χ1) is 8.49. The highest BCUT2D eigenvalue weighted by molar-refractivity contribution is 14.1. The molecule has 0 aliphatic rings.